The summed E-state index contributed by atoms with van der Waals surface area (Å²) in [6, 6.07) is 3.92. The number of methoxy groups -OCH3 is 2. The molecular formula is C14H24N2O2. The van der Waals surface area contributed by atoms with E-state index in [-0.39, 0.29) is 5.54 Å². The Balaban J connectivity index is 2.80. The molecule has 0 aliphatic carbocycles. The van der Waals surface area contributed by atoms with Gasteiger partial charge in [-0.3, -0.25) is 0 Å². The molecule has 4 heteroatoms. The summed E-state index contributed by atoms with van der Waals surface area (Å²) in [4.78, 5) is 0. The average molecular weight is 252 g/mol. The van der Waals surface area contributed by atoms with Gasteiger partial charge in [0, 0.05) is 18.2 Å². The van der Waals surface area contributed by atoms with Crippen LogP contribution < -0.4 is 20.5 Å². The van der Waals surface area contributed by atoms with E-state index in [1.54, 1.807) is 14.2 Å². The molecule has 0 atom stereocenters. The number of anilines is 1. The van der Waals surface area contributed by atoms with Crippen LogP contribution in [0, 0.1) is 6.92 Å². The van der Waals surface area contributed by atoms with E-state index in [0.717, 1.165) is 35.7 Å². The Morgan fingerprint density at radius 3 is 2.28 bits per heavy atom. The zero-order valence-electron chi connectivity index (χ0n) is 12.0. The van der Waals surface area contributed by atoms with Crippen molar-refractivity contribution in [1.82, 2.24) is 0 Å². The van der Waals surface area contributed by atoms with Crippen LogP contribution in [0.4, 0.5) is 5.69 Å². The Morgan fingerprint density at radius 1 is 1.17 bits per heavy atom. The quantitative estimate of drug-likeness (QED) is 0.817. The topological polar surface area (TPSA) is 56.5 Å². The summed E-state index contributed by atoms with van der Waals surface area (Å²) in [6.45, 7) is 6.82. The summed E-state index contributed by atoms with van der Waals surface area (Å²) in [7, 11) is 3.33. The van der Waals surface area contributed by atoms with Gasteiger partial charge in [0.1, 0.15) is 11.5 Å². The zero-order chi connectivity index (χ0) is 13.8. The summed E-state index contributed by atoms with van der Waals surface area (Å²) in [5, 5.41) is 3.34. The Morgan fingerprint density at radius 2 is 1.78 bits per heavy atom. The molecule has 0 fully saturated rings. The average Bonchev–Trinajstić information content (AvgIpc) is 2.28. The molecule has 1 rings (SSSR count). The normalized spacial score (nSPS) is 11.2. The highest BCUT2D eigenvalue weighted by atomic mass is 16.5. The van der Waals surface area contributed by atoms with Gasteiger partial charge < -0.3 is 20.5 Å². The maximum Gasteiger partial charge on any atom is 0.142 e. The molecule has 1 aromatic carbocycles. The molecule has 0 aliphatic rings. The molecule has 0 unspecified atom stereocenters. The third-order valence-corrected chi connectivity index (χ3v) is 2.80. The van der Waals surface area contributed by atoms with Gasteiger partial charge in [-0.05, 0) is 38.8 Å². The predicted molar refractivity (Wildman–Crippen MR) is 75.7 cm³/mol. The van der Waals surface area contributed by atoms with Crippen molar-refractivity contribution in [3.05, 3.63) is 17.7 Å². The first-order chi connectivity index (χ1) is 8.37. The molecule has 0 aliphatic heterocycles. The molecule has 0 heterocycles. The summed E-state index contributed by atoms with van der Waals surface area (Å²) < 4.78 is 10.7. The first-order valence-corrected chi connectivity index (χ1v) is 6.13. The van der Waals surface area contributed by atoms with Crippen LogP contribution >= 0.6 is 0 Å². The highest BCUT2D eigenvalue weighted by molar-refractivity contribution is 5.62. The number of nitrogens with one attached hydrogen (secondary N) is 1. The first kappa shape index (κ1) is 14.6. The van der Waals surface area contributed by atoms with E-state index < -0.39 is 0 Å². The zero-order valence-corrected chi connectivity index (χ0v) is 12.0. The van der Waals surface area contributed by atoms with Gasteiger partial charge in [-0.2, -0.15) is 0 Å². The van der Waals surface area contributed by atoms with E-state index in [1.165, 1.54) is 0 Å². The maximum atomic E-state index is 5.95. The number of hydrogen-bond donors (Lipinski definition) is 2. The van der Waals surface area contributed by atoms with Crippen LogP contribution in [-0.4, -0.2) is 26.3 Å². The summed E-state index contributed by atoms with van der Waals surface area (Å²) in [5.74, 6) is 1.67. The maximum absolute atomic E-state index is 5.95. The van der Waals surface area contributed by atoms with Gasteiger partial charge >= 0.3 is 0 Å². The smallest absolute Gasteiger partial charge is 0.142 e. The van der Waals surface area contributed by atoms with Crippen molar-refractivity contribution in [2.24, 2.45) is 5.73 Å². The molecule has 1 aromatic rings. The Bertz CT molecular complexity index is 398. The second-order valence-electron chi connectivity index (χ2n) is 5.19. The van der Waals surface area contributed by atoms with Crippen molar-refractivity contribution < 1.29 is 9.47 Å². The molecule has 0 amide bonds. The minimum Gasteiger partial charge on any atom is -0.496 e. The van der Waals surface area contributed by atoms with Gasteiger partial charge in [0.2, 0.25) is 0 Å². The van der Waals surface area contributed by atoms with Crippen molar-refractivity contribution in [3.8, 4) is 11.5 Å². The van der Waals surface area contributed by atoms with Gasteiger partial charge in [-0.1, -0.05) is 0 Å². The van der Waals surface area contributed by atoms with Crippen molar-refractivity contribution in [3.63, 3.8) is 0 Å². The van der Waals surface area contributed by atoms with Crippen molar-refractivity contribution >= 4 is 5.69 Å². The molecule has 3 N–H and O–H groups in total. The summed E-state index contributed by atoms with van der Waals surface area (Å²) in [6.07, 6.45) is 0.881. The molecule has 0 spiro atoms. The molecule has 0 bridgehead atoms. The molecular weight excluding hydrogens is 228 g/mol. The fraction of sp³-hybridized carbons (Fsp3) is 0.571. The standard InChI is InChI=1S/C14H24N2O2/c1-10-8-13(18-5)11(9-12(10)17-4)16-7-6-14(2,3)15/h8-9,16H,6-7,15H2,1-5H3. The van der Waals surface area contributed by atoms with E-state index in [0.29, 0.717) is 0 Å². The third kappa shape index (κ3) is 4.11. The lowest BCUT2D eigenvalue weighted by Crippen LogP contribution is -2.34. The Kier molecular flexibility index (Phi) is 4.84. The fourth-order valence-electron chi connectivity index (χ4n) is 1.71. The first-order valence-electron chi connectivity index (χ1n) is 6.13. The number of ether oxygens (including phenoxy) is 2. The Labute approximate surface area is 109 Å². The number of rotatable bonds is 6. The van der Waals surface area contributed by atoms with Gasteiger partial charge in [-0.15, -0.1) is 0 Å². The largest absolute Gasteiger partial charge is 0.496 e. The summed E-state index contributed by atoms with van der Waals surface area (Å²) >= 11 is 0. The molecule has 0 saturated carbocycles. The minimum absolute atomic E-state index is 0.172. The van der Waals surface area contributed by atoms with Crippen LogP contribution in [0.15, 0.2) is 12.1 Å². The lowest BCUT2D eigenvalue weighted by molar-refractivity contribution is 0.401. The van der Waals surface area contributed by atoms with E-state index >= 15 is 0 Å². The highest BCUT2D eigenvalue weighted by Gasteiger charge is 2.12. The second kappa shape index (κ2) is 5.96. The number of aryl methyl sites for hydroxylation is 1. The van der Waals surface area contributed by atoms with Crippen LogP contribution in [0.2, 0.25) is 0 Å². The summed E-state index contributed by atoms with van der Waals surface area (Å²) in [5.41, 5.74) is 7.77. The molecule has 0 aromatic heterocycles. The van der Waals surface area contributed by atoms with E-state index in [1.807, 2.05) is 32.9 Å². The van der Waals surface area contributed by atoms with Crippen LogP contribution in [0.1, 0.15) is 25.8 Å². The van der Waals surface area contributed by atoms with E-state index in [2.05, 4.69) is 5.32 Å². The van der Waals surface area contributed by atoms with Crippen molar-refractivity contribution in [2.45, 2.75) is 32.7 Å². The number of hydrogen-bond acceptors (Lipinski definition) is 4. The monoisotopic (exact) mass is 252 g/mol. The molecule has 4 nitrogen and oxygen atoms in total. The Hall–Kier alpha value is -1.42. The van der Waals surface area contributed by atoms with Crippen molar-refractivity contribution in [2.75, 3.05) is 26.1 Å². The van der Waals surface area contributed by atoms with E-state index in [9.17, 15) is 0 Å². The SMILES string of the molecule is COc1cc(NCCC(C)(C)N)c(OC)cc1C. The molecule has 102 valence electrons. The minimum atomic E-state index is -0.172. The van der Waals surface area contributed by atoms with Gasteiger partial charge in [-0.25, -0.2) is 0 Å². The molecule has 0 radical (unpaired) electrons. The van der Waals surface area contributed by atoms with Crippen LogP contribution in [0.25, 0.3) is 0 Å². The lowest BCUT2D eigenvalue weighted by Gasteiger charge is -2.20. The lowest BCUT2D eigenvalue weighted by atomic mass is 10.0. The van der Waals surface area contributed by atoms with Crippen LogP contribution in [-0.2, 0) is 0 Å². The van der Waals surface area contributed by atoms with Gasteiger partial charge in [0.15, 0.2) is 0 Å². The second-order valence-corrected chi connectivity index (χ2v) is 5.19. The predicted octanol–water partition coefficient (Wildman–Crippen LogP) is 2.55. The number of benzene rings is 1. The van der Waals surface area contributed by atoms with Crippen LogP contribution in [0.3, 0.4) is 0 Å². The molecule has 0 saturated heterocycles. The van der Waals surface area contributed by atoms with Crippen LogP contribution in [0.5, 0.6) is 11.5 Å². The third-order valence-electron chi connectivity index (χ3n) is 2.80. The van der Waals surface area contributed by atoms with Gasteiger partial charge in [0.05, 0.1) is 19.9 Å². The highest BCUT2D eigenvalue weighted by Crippen LogP contribution is 2.32. The fourth-order valence-corrected chi connectivity index (χ4v) is 1.71. The van der Waals surface area contributed by atoms with Crippen molar-refractivity contribution in [1.29, 1.82) is 0 Å². The van der Waals surface area contributed by atoms with E-state index in [4.69, 9.17) is 15.2 Å². The molecule has 18 heavy (non-hydrogen) atoms. The number of nitrogens with two attached hydrogens (primary N) is 1. The van der Waals surface area contributed by atoms with Gasteiger partial charge in [0.25, 0.3) is 0 Å².